The highest BCUT2D eigenvalue weighted by Gasteiger charge is 2.52. The molecule has 118 valence electrons. The van der Waals surface area contributed by atoms with E-state index < -0.39 is 0 Å². The molecule has 1 amide bonds. The molecule has 3 aliphatic rings. The molecule has 1 aromatic rings. The first-order valence-corrected chi connectivity index (χ1v) is 8.81. The van der Waals surface area contributed by atoms with Crippen molar-refractivity contribution in [2.75, 3.05) is 6.61 Å². The van der Waals surface area contributed by atoms with E-state index in [1.54, 1.807) is 0 Å². The molecule has 2 aliphatic carbocycles. The van der Waals surface area contributed by atoms with E-state index in [4.69, 9.17) is 4.74 Å². The van der Waals surface area contributed by atoms with Crippen molar-refractivity contribution in [3.63, 3.8) is 0 Å². The Kier molecular flexibility index (Phi) is 3.91. The first-order valence-electron chi connectivity index (χ1n) is 8.81. The number of ether oxygens (including phenoxy) is 1. The fourth-order valence-electron chi connectivity index (χ4n) is 4.84. The van der Waals surface area contributed by atoms with Gasteiger partial charge >= 0.3 is 0 Å². The van der Waals surface area contributed by atoms with Crippen molar-refractivity contribution in [2.24, 2.45) is 11.8 Å². The topological polar surface area (TPSA) is 38.3 Å². The van der Waals surface area contributed by atoms with E-state index in [-0.39, 0.29) is 12.0 Å². The Balaban J connectivity index is 1.51. The van der Waals surface area contributed by atoms with Gasteiger partial charge in [0.05, 0.1) is 0 Å². The van der Waals surface area contributed by atoms with Crippen LogP contribution < -0.4 is 5.32 Å². The highest BCUT2D eigenvalue weighted by Crippen LogP contribution is 2.54. The second-order valence-corrected chi connectivity index (χ2v) is 7.08. The minimum Gasteiger partial charge on any atom is -0.368 e. The molecule has 1 aliphatic heterocycles. The molecule has 1 N–H and O–H groups in total. The molecule has 1 saturated heterocycles. The van der Waals surface area contributed by atoms with Crippen molar-refractivity contribution in [2.45, 2.75) is 56.6 Å². The Labute approximate surface area is 132 Å². The molecule has 0 radical (unpaired) electrons. The smallest absolute Gasteiger partial charge is 0.249 e. The van der Waals surface area contributed by atoms with Gasteiger partial charge in [-0.1, -0.05) is 43.2 Å². The average Bonchev–Trinajstić information content (AvgIpc) is 3.08. The lowest BCUT2D eigenvalue weighted by Gasteiger charge is -2.55. The first kappa shape index (κ1) is 14.3. The summed E-state index contributed by atoms with van der Waals surface area (Å²) in [6.07, 6.45) is 6.92. The minimum atomic E-state index is -0.209. The van der Waals surface area contributed by atoms with Crippen molar-refractivity contribution in [1.82, 2.24) is 5.32 Å². The molecule has 0 unspecified atom stereocenters. The number of carbonyl (C=O) groups excluding carboxylic acids is 1. The second kappa shape index (κ2) is 6.04. The van der Waals surface area contributed by atoms with Gasteiger partial charge in [0.1, 0.15) is 6.10 Å². The molecular formula is C19H25NO2. The Morgan fingerprint density at radius 3 is 2.50 bits per heavy atom. The molecule has 0 bridgehead atoms. The lowest BCUT2D eigenvalue weighted by atomic mass is 9.53. The Bertz CT molecular complexity index is 523. The lowest BCUT2D eigenvalue weighted by molar-refractivity contribution is -0.133. The Morgan fingerprint density at radius 1 is 1.00 bits per heavy atom. The van der Waals surface area contributed by atoms with Crippen LogP contribution in [0.2, 0.25) is 0 Å². The van der Waals surface area contributed by atoms with E-state index in [1.165, 1.54) is 31.2 Å². The van der Waals surface area contributed by atoms with Crippen molar-refractivity contribution in [3.05, 3.63) is 35.9 Å². The summed E-state index contributed by atoms with van der Waals surface area (Å²) < 4.78 is 5.55. The van der Waals surface area contributed by atoms with Gasteiger partial charge in [-0.2, -0.15) is 0 Å². The van der Waals surface area contributed by atoms with Crippen LogP contribution in [0, 0.1) is 11.8 Å². The van der Waals surface area contributed by atoms with Crippen LogP contribution in [0.25, 0.3) is 0 Å². The van der Waals surface area contributed by atoms with E-state index >= 15 is 0 Å². The summed E-state index contributed by atoms with van der Waals surface area (Å²) in [6, 6.07) is 11.1. The van der Waals surface area contributed by atoms with E-state index in [0.717, 1.165) is 25.4 Å². The summed E-state index contributed by atoms with van der Waals surface area (Å²) >= 11 is 0. The van der Waals surface area contributed by atoms with Crippen LogP contribution in [0.15, 0.2) is 30.3 Å². The monoisotopic (exact) mass is 299 g/mol. The summed E-state index contributed by atoms with van der Waals surface area (Å²) in [4.78, 5) is 12.5. The van der Waals surface area contributed by atoms with E-state index in [0.29, 0.717) is 17.9 Å². The zero-order valence-electron chi connectivity index (χ0n) is 13.0. The van der Waals surface area contributed by atoms with Crippen LogP contribution in [0.3, 0.4) is 0 Å². The number of hydrogen-bond acceptors (Lipinski definition) is 2. The predicted molar refractivity (Wildman–Crippen MR) is 85.5 cm³/mol. The number of benzene rings is 1. The molecule has 3 heteroatoms. The lowest BCUT2D eigenvalue weighted by Crippen LogP contribution is -2.60. The van der Waals surface area contributed by atoms with Crippen molar-refractivity contribution in [3.8, 4) is 0 Å². The molecule has 22 heavy (non-hydrogen) atoms. The highest BCUT2D eigenvalue weighted by molar-refractivity contribution is 5.81. The molecule has 1 aromatic carbocycles. The Morgan fingerprint density at radius 2 is 1.77 bits per heavy atom. The molecule has 3 nitrogen and oxygen atoms in total. The predicted octanol–water partition coefficient (Wildman–Crippen LogP) is 3.25. The van der Waals surface area contributed by atoms with Crippen molar-refractivity contribution in [1.29, 1.82) is 0 Å². The summed E-state index contributed by atoms with van der Waals surface area (Å²) in [5.74, 6) is 2.04. The van der Waals surface area contributed by atoms with Crippen molar-refractivity contribution >= 4 is 5.91 Å². The average molecular weight is 299 g/mol. The maximum absolute atomic E-state index is 12.5. The third-order valence-corrected chi connectivity index (χ3v) is 5.90. The molecule has 1 heterocycles. The maximum Gasteiger partial charge on any atom is 0.249 e. The second-order valence-electron chi connectivity index (χ2n) is 7.08. The quantitative estimate of drug-likeness (QED) is 0.930. The van der Waals surface area contributed by atoms with E-state index in [9.17, 15) is 4.79 Å². The molecule has 5 atom stereocenters. The SMILES string of the molecule is O=C(N[C@H]1[C@@H]2CCCC[C@H]2[C@@H]1c1ccccc1)[C@@H]1CCCO1. The molecule has 2 saturated carbocycles. The fraction of sp³-hybridized carbons (Fsp3) is 0.632. The molecule has 0 spiro atoms. The molecule has 0 aromatic heterocycles. The fourth-order valence-corrected chi connectivity index (χ4v) is 4.84. The number of hydrogen-bond donors (Lipinski definition) is 1. The summed E-state index contributed by atoms with van der Waals surface area (Å²) in [5, 5.41) is 3.34. The number of amides is 1. The van der Waals surface area contributed by atoms with Crippen molar-refractivity contribution < 1.29 is 9.53 Å². The summed E-state index contributed by atoms with van der Waals surface area (Å²) in [5.41, 5.74) is 1.39. The van der Waals surface area contributed by atoms with Crippen LogP contribution >= 0.6 is 0 Å². The van der Waals surface area contributed by atoms with Gasteiger partial charge in [-0.3, -0.25) is 4.79 Å². The van der Waals surface area contributed by atoms with E-state index in [2.05, 4.69) is 35.6 Å². The van der Waals surface area contributed by atoms with Crippen LogP contribution in [0.4, 0.5) is 0 Å². The zero-order chi connectivity index (χ0) is 14.9. The first-order chi connectivity index (χ1) is 10.8. The largest absolute Gasteiger partial charge is 0.368 e. The molecule has 4 rings (SSSR count). The number of fused-ring (bicyclic) bond motifs is 1. The van der Waals surface area contributed by atoms with Gasteiger partial charge in [0.15, 0.2) is 0 Å². The molecular weight excluding hydrogens is 274 g/mol. The normalized spacial score (nSPS) is 37.2. The number of carbonyl (C=O) groups is 1. The number of rotatable bonds is 3. The van der Waals surface area contributed by atoms with Gasteiger partial charge in [0.2, 0.25) is 5.91 Å². The maximum atomic E-state index is 12.5. The van der Waals surface area contributed by atoms with Crippen LogP contribution in [-0.4, -0.2) is 24.7 Å². The summed E-state index contributed by atoms with van der Waals surface area (Å²) in [7, 11) is 0. The van der Waals surface area contributed by atoms with Gasteiger partial charge in [-0.05, 0) is 43.1 Å². The van der Waals surface area contributed by atoms with Crippen LogP contribution in [0.5, 0.6) is 0 Å². The van der Waals surface area contributed by atoms with Crippen LogP contribution in [-0.2, 0) is 9.53 Å². The zero-order valence-corrected chi connectivity index (χ0v) is 13.0. The minimum absolute atomic E-state index is 0.118. The molecule has 3 fully saturated rings. The standard InChI is InChI=1S/C19H25NO2/c21-19(16-11-6-12-22-16)20-18-15-10-5-4-9-14(15)17(18)13-7-2-1-3-8-13/h1-3,7-8,14-18H,4-6,9-12H2,(H,20,21)/t14-,15-,16+,17+,18+/m1/s1. The Hall–Kier alpha value is -1.35. The summed E-state index contributed by atoms with van der Waals surface area (Å²) in [6.45, 7) is 0.733. The third-order valence-electron chi connectivity index (χ3n) is 5.90. The van der Waals surface area contributed by atoms with Gasteiger partial charge in [-0.25, -0.2) is 0 Å². The van der Waals surface area contributed by atoms with Gasteiger partial charge in [0.25, 0.3) is 0 Å². The van der Waals surface area contributed by atoms with Gasteiger partial charge in [-0.15, -0.1) is 0 Å². The van der Waals surface area contributed by atoms with Crippen LogP contribution in [0.1, 0.15) is 50.0 Å². The highest BCUT2D eigenvalue weighted by atomic mass is 16.5. The number of nitrogens with one attached hydrogen (secondary N) is 1. The van der Waals surface area contributed by atoms with E-state index in [1.807, 2.05) is 0 Å². The third kappa shape index (κ3) is 2.45. The van der Waals surface area contributed by atoms with Gasteiger partial charge < -0.3 is 10.1 Å². The van der Waals surface area contributed by atoms with Gasteiger partial charge in [0, 0.05) is 18.6 Å².